The maximum atomic E-state index is 5.32. The Morgan fingerprint density at radius 1 is 1.20 bits per heavy atom. The molecule has 2 rings (SSSR count). The van der Waals surface area contributed by atoms with Crippen LogP contribution >= 0.6 is 12.2 Å². The van der Waals surface area contributed by atoms with E-state index in [0.29, 0.717) is 0 Å². The van der Waals surface area contributed by atoms with E-state index in [9.17, 15) is 0 Å². The standard InChI is InChI=1S/C12H16N2S/c1-13(2)10-5-7-11(8-6-10)14-9-3-4-12(14)15/h5-8H,3-4,9H2,1-2H3. The zero-order valence-electron chi connectivity index (χ0n) is 9.23. The van der Waals surface area contributed by atoms with E-state index in [0.717, 1.165) is 18.0 Å². The molecule has 0 aliphatic carbocycles. The number of hydrogen-bond donors (Lipinski definition) is 0. The van der Waals surface area contributed by atoms with E-state index in [2.05, 4.69) is 48.2 Å². The molecule has 1 saturated heterocycles. The zero-order chi connectivity index (χ0) is 10.8. The predicted molar refractivity (Wildman–Crippen MR) is 69.9 cm³/mol. The van der Waals surface area contributed by atoms with E-state index >= 15 is 0 Å². The second-order valence-electron chi connectivity index (χ2n) is 4.06. The fourth-order valence-corrected chi connectivity index (χ4v) is 2.19. The molecule has 15 heavy (non-hydrogen) atoms. The minimum atomic E-state index is 1.06. The van der Waals surface area contributed by atoms with Gasteiger partial charge < -0.3 is 9.80 Å². The minimum Gasteiger partial charge on any atom is -0.378 e. The van der Waals surface area contributed by atoms with Gasteiger partial charge in [-0.05, 0) is 37.1 Å². The maximum Gasteiger partial charge on any atom is 0.0824 e. The molecule has 0 atom stereocenters. The number of anilines is 2. The van der Waals surface area contributed by atoms with E-state index in [1.165, 1.54) is 17.8 Å². The van der Waals surface area contributed by atoms with Crippen LogP contribution in [-0.2, 0) is 0 Å². The van der Waals surface area contributed by atoms with Crippen molar-refractivity contribution in [3.63, 3.8) is 0 Å². The van der Waals surface area contributed by atoms with Crippen molar-refractivity contribution < 1.29 is 0 Å². The molecule has 2 nitrogen and oxygen atoms in total. The third-order valence-electron chi connectivity index (χ3n) is 2.75. The first-order chi connectivity index (χ1) is 7.18. The summed E-state index contributed by atoms with van der Waals surface area (Å²) in [5.74, 6) is 0. The summed E-state index contributed by atoms with van der Waals surface area (Å²) in [6.45, 7) is 1.07. The molecular formula is C12H16N2S. The third-order valence-corrected chi connectivity index (χ3v) is 3.18. The molecule has 1 aliphatic rings. The van der Waals surface area contributed by atoms with Crippen molar-refractivity contribution in [3.8, 4) is 0 Å². The van der Waals surface area contributed by atoms with Crippen LogP contribution in [0.25, 0.3) is 0 Å². The average Bonchev–Trinajstić information content (AvgIpc) is 2.65. The Morgan fingerprint density at radius 3 is 2.33 bits per heavy atom. The number of benzene rings is 1. The molecule has 0 spiro atoms. The van der Waals surface area contributed by atoms with Gasteiger partial charge in [-0.3, -0.25) is 0 Å². The average molecular weight is 220 g/mol. The van der Waals surface area contributed by atoms with Crippen LogP contribution in [0.1, 0.15) is 12.8 Å². The zero-order valence-corrected chi connectivity index (χ0v) is 10.0. The molecule has 80 valence electrons. The molecule has 1 aliphatic heterocycles. The van der Waals surface area contributed by atoms with Gasteiger partial charge in [0.1, 0.15) is 0 Å². The van der Waals surface area contributed by atoms with Crippen molar-refractivity contribution in [3.05, 3.63) is 24.3 Å². The van der Waals surface area contributed by atoms with E-state index in [1.807, 2.05) is 0 Å². The summed E-state index contributed by atoms with van der Waals surface area (Å²) in [5, 5.41) is 0. The molecule has 0 radical (unpaired) electrons. The monoisotopic (exact) mass is 220 g/mol. The van der Waals surface area contributed by atoms with Crippen LogP contribution in [0.3, 0.4) is 0 Å². The Bertz CT molecular complexity index is 356. The van der Waals surface area contributed by atoms with E-state index in [1.54, 1.807) is 0 Å². The summed E-state index contributed by atoms with van der Waals surface area (Å²) in [4.78, 5) is 5.41. The molecule has 1 aromatic rings. The van der Waals surface area contributed by atoms with Gasteiger partial charge in [0.05, 0.1) is 4.99 Å². The predicted octanol–water partition coefficient (Wildman–Crippen LogP) is 2.68. The van der Waals surface area contributed by atoms with Crippen LogP contribution in [0.4, 0.5) is 11.4 Å². The second-order valence-corrected chi connectivity index (χ2v) is 4.53. The van der Waals surface area contributed by atoms with Crippen molar-refractivity contribution in [2.75, 3.05) is 30.4 Å². The molecule has 0 bridgehead atoms. The summed E-state index contributed by atoms with van der Waals surface area (Å²) in [7, 11) is 4.10. The van der Waals surface area contributed by atoms with Gasteiger partial charge in [0, 0.05) is 32.0 Å². The first-order valence-electron chi connectivity index (χ1n) is 5.26. The van der Waals surface area contributed by atoms with Gasteiger partial charge in [-0.15, -0.1) is 0 Å². The van der Waals surface area contributed by atoms with Gasteiger partial charge in [0.2, 0.25) is 0 Å². The smallest absolute Gasteiger partial charge is 0.0824 e. The Hall–Kier alpha value is -1.09. The molecular weight excluding hydrogens is 204 g/mol. The lowest BCUT2D eigenvalue weighted by molar-refractivity contribution is 0.956. The summed E-state index contributed by atoms with van der Waals surface area (Å²) >= 11 is 5.32. The topological polar surface area (TPSA) is 6.48 Å². The summed E-state index contributed by atoms with van der Waals surface area (Å²) in [6.07, 6.45) is 2.25. The van der Waals surface area contributed by atoms with Crippen LogP contribution in [0.15, 0.2) is 24.3 Å². The Kier molecular flexibility index (Phi) is 2.91. The number of rotatable bonds is 2. The van der Waals surface area contributed by atoms with E-state index < -0.39 is 0 Å². The SMILES string of the molecule is CN(C)c1ccc(N2CCCC2=S)cc1. The highest BCUT2D eigenvalue weighted by atomic mass is 32.1. The summed E-state index contributed by atoms with van der Waals surface area (Å²) in [6, 6.07) is 8.56. The lowest BCUT2D eigenvalue weighted by Gasteiger charge is -2.19. The fourth-order valence-electron chi connectivity index (χ4n) is 1.85. The first kappa shape index (κ1) is 10.4. The highest BCUT2D eigenvalue weighted by Crippen LogP contribution is 2.24. The van der Waals surface area contributed by atoms with Gasteiger partial charge in [0.25, 0.3) is 0 Å². The molecule has 1 aromatic carbocycles. The lowest BCUT2D eigenvalue weighted by Crippen LogP contribution is -2.22. The van der Waals surface area contributed by atoms with Crippen molar-refractivity contribution in [1.29, 1.82) is 0 Å². The molecule has 1 fully saturated rings. The molecule has 0 unspecified atom stereocenters. The molecule has 0 N–H and O–H groups in total. The Morgan fingerprint density at radius 2 is 1.87 bits per heavy atom. The van der Waals surface area contributed by atoms with Crippen molar-refractivity contribution in [2.24, 2.45) is 0 Å². The van der Waals surface area contributed by atoms with Crippen LogP contribution in [0.5, 0.6) is 0 Å². The lowest BCUT2D eigenvalue weighted by atomic mass is 10.2. The molecule has 0 amide bonds. The molecule has 0 saturated carbocycles. The normalized spacial score (nSPS) is 15.9. The van der Waals surface area contributed by atoms with Crippen molar-refractivity contribution in [2.45, 2.75) is 12.8 Å². The van der Waals surface area contributed by atoms with Crippen LogP contribution in [-0.4, -0.2) is 25.6 Å². The summed E-state index contributed by atoms with van der Waals surface area (Å²) < 4.78 is 0. The third kappa shape index (κ3) is 2.12. The van der Waals surface area contributed by atoms with Gasteiger partial charge in [-0.1, -0.05) is 12.2 Å². The first-order valence-corrected chi connectivity index (χ1v) is 5.67. The highest BCUT2D eigenvalue weighted by Gasteiger charge is 2.17. The van der Waals surface area contributed by atoms with Gasteiger partial charge in [-0.25, -0.2) is 0 Å². The largest absolute Gasteiger partial charge is 0.378 e. The van der Waals surface area contributed by atoms with Crippen molar-refractivity contribution >= 4 is 28.6 Å². The highest BCUT2D eigenvalue weighted by molar-refractivity contribution is 7.80. The number of nitrogens with zero attached hydrogens (tertiary/aromatic N) is 2. The second kappa shape index (κ2) is 4.19. The Balaban J connectivity index is 2.19. The number of hydrogen-bond acceptors (Lipinski definition) is 2. The van der Waals surface area contributed by atoms with Gasteiger partial charge >= 0.3 is 0 Å². The molecule has 1 heterocycles. The van der Waals surface area contributed by atoms with Crippen LogP contribution < -0.4 is 9.80 Å². The minimum absolute atomic E-state index is 1.06. The molecule has 3 heteroatoms. The van der Waals surface area contributed by atoms with Gasteiger partial charge in [0.15, 0.2) is 0 Å². The Labute approximate surface area is 96.5 Å². The van der Waals surface area contributed by atoms with Gasteiger partial charge in [-0.2, -0.15) is 0 Å². The van der Waals surface area contributed by atoms with E-state index in [4.69, 9.17) is 12.2 Å². The molecule has 0 aromatic heterocycles. The van der Waals surface area contributed by atoms with E-state index in [-0.39, 0.29) is 0 Å². The van der Waals surface area contributed by atoms with Crippen LogP contribution in [0, 0.1) is 0 Å². The quantitative estimate of drug-likeness (QED) is 0.708. The maximum absolute atomic E-state index is 5.32. The summed E-state index contributed by atoms with van der Waals surface area (Å²) in [5.41, 5.74) is 2.45. The fraction of sp³-hybridized carbons (Fsp3) is 0.417. The van der Waals surface area contributed by atoms with Crippen LogP contribution in [0.2, 0.25) is 0 Å². The number of thiocarbonyl (C=S) groups is 1. The van der Waals surface area contributed by atoms with Crippen molar-refractivity contribution in [1.82, 2.24) is 0 Å².